The zero-order valence-corrected chi connectivity index (χ0v) is 17.8. The van der Waals surface area contributed by atoms with E-state index in [0.717, 1.165) is 24.0 Å². The topological polar surface area (TPSA) is 96.6 Å². The normalized spacial score (nSPS) is 16.1. The van der Waals surface area contributed by atoms with Gasteiger partial charge < -0.3 is 9.42 Å². The lowest BCUT2D eigenvalue weighted by molar-refractivity contribution is -0.138. The van der Waals surface area contributed by atoms with Crippen LogP contribution in [-0.4, -0.2) is 65.6 Å². The summed E-state index contributed by atoms with van der Waals surface area (Å²) in [6.45, 7) is 3.75. The molecule has 0 N–H and O–H groups in total. The van der Waals surface area contributed by atoms with E-state index in [-0.39, 0.29) is 54.2 Å². The van der Waals surface area contributed by atoms with Gasteiger partial charge in [0.15, 0.2) is 5.76 Å². The second-order valence-electron chi connectivity index (χ2n) is 6.61. The molecule has 0 aromatic carbocycles. The van der Waals surface area contributed by atoms with Crippen molar-refractivity contribution in [2.24, 2.45) is 0 Å². The standard InChI is InChI=1S/C17H19F3N4O4S2/c1-11-16(12(2)28-22-11)30(26,27)24-7-5-23(6-8-24)15(25)10-29-14-4-3-13(9-21-14)17(18,19)20/h3-4,9H,5-8,10H2,1-2H3. The molecule has 0 bridgehead atoms. The van der Waals surface area contributed by atoms with Gasteiger partial charge in [0, 0.05) is 32.4 Å². The molecule has 0 aliphatic carbocycles. The predicted octanol–water partition coefficient (Wildman–Crippen LogP) is 2.33. The van der Waals surface area contributed by atoms with E-state index in [4.69, 9.17) is 4.52 Å². The zero-order valence-electron chi connectivity index (χ0n) is 16.1. The first kappa shape index (κ1) is 22.6. The largest absolute Gasteiger partial charge is 0.417 e. The summed E-state index contributed by atoms with van der Waals surface area (Å²) >= 11 is 1.03. The number of alkyl halides is 3. The molecule has 2 aromatic heterocycles. The van der Waals surface area contributed by atoms with Crippen molar-refractivity contribution < 1.29 is 30.9 Å². The molecule has 0 atom stereocenters. The Kier molecular flexibility index (Phi) is 6.43. The number of rotatable bonds is 5. The number of hydrogen-bond acceptors (Lipinski definition) is 7. The molecule has 3 rings (SSSR count). The van der Waals surface area contributed by atoms with E-state index in [0.29, 0.717) is 5.03 Å². The molecule has 30 heavy (non-hydrogen) atoms. The molecule has 1 fully saturated rings. The average Bonchev–Trinajstić information content (AvgIpc) is 3.04. The maximum absolute atomic E-state index is 12.8. The highest BCUT2D eigenvalue weighted by Crippen LogP contribution is 2.29. The Morgan fingerprint density at radius 1 is 1.20 bits per heavy atom. The lowest BCUT2D eigenvalue weighted by Gasteiger charge is -2.33. The van der Waals surface area contributed by atoms with Crippen molar-refractivity contribution in [1.82, 2.24) is 19.3 Å². The summed E-state index contributed by atoms with van der Waals surface area (Å²) in [4.78, 5) is 17.7. The van der Waals surface area contributed by atoms with Gasteiger partial charge in [0.2, 0.25) is 15.9 Å². The van der Waals surface area contributed by atoms with Gasteiger partial charge in [-0.25, -0.2) is 13.4 Å². The van der Waals surface area contributed by atoms with Crippen LogP contribution in [0.2, 0.25) is 0 Å². The molecular formula is C17H19F3N4O4S2. The maximum Gasteiger partial charge on any atom is 0.417 e. The van der Waals surface area contributed by atoms with Crippen molar-refractivity contribution in [3.8, 4) is 0 Å². The molecule has 1 aliphatic rings. The first-order chi connectivity index (χ1) is 14.0. The number of carbonyl (C=O) groups is 1. The number of nitrogens with zero attached hydrogens (tertiary/aromatic N) is 4. The van der Waals surface area contributed by atoms with Crippen molar-refractivity contribution in [2.45, 2.75) is 29.9 Å². The van der Waals surface area contributed by atoms with E-state index in [1.807, 2.05) is 0 Å². The summed E-state index contributed by atoms with van der Waals surface area (Å²) < 4.78 is 69.5. The van der Waals surface area contributed by atoms with E-state index < -0.39 is 21.8 Å². The second kappa shape index (κ2) is 8.55. The molecular weight excluding hydrogens is 445 g/mol. The number of carbonyl (C=O) groups excluding carboxylic acids is 1. The maximum atomic E-state index is 12.8. The van der Waals surface area contributed by atoms with Crippen LogP contribution in [0, 0.1) is 13.8 Å². The first-order valence-corrected chi connectivity index (χ1v) is 11.3. The summed E-state index contributed by atoms with van der Waals surface area (Å²) in [6, 6.07) is 2.13. The number of hydrogen-bond donors (Lipinski definition) is 0. The first-order valence-electron chi connectivity index (χ1n) is 8.87. The number of aromatic nitrogens is 2. The second-order valence-corrected chi connectivity index (χ2v) is 9.48. The minimum absolute atomic E-state index is 0.00498. The van der Waals surface area contributed by atoms with E-state index >= 15 is 0 Å². The van der Waals surface area contributed by atoms with Gasteiger partial charge in [-0.1, -0.05) is 16.9 Å². The molecule has 2 aromatic rings. The van der Waals surface area contributed by atoms with E-state index in [1.165, 1.54) is 22.2 Å². The predicted molar refractivity (Wildman–Crippen MR) is 101 cm³/mol. The molecule has 164 valence electrons. The number of pyridine rings is 1. The van der Waals surface area contributed by atoms with Gasteiger partial charge >= 0.3 is 6.18 Å². The smallest absolute Gasteiger partial charge is 0.360 e. The third-order valence-corrected chi connectivity index (χ3v) is 7.64. The SMILES string of the molecule is Cc1noc(C)c1S(=O)(=O)N1CCN(C(=O)CSc2ccc(C(F)(F)F)cn2)CC1. The highest BCUT2D eigenvalue weighted by Gasteiger charge is 2.34. The number of halogens is 3. The third-order valence-electron chi connectivity index (χ3n) is 4.56. The lowest BCUT2D eigenvalue weighted by atomic mass is 10.3. The van der Waals surface area contributed by atoms with Crippen LogP contribution in [0.5, 0.6) is 0 Å². The van der Waals surface area contributed by atoms with Gasteiger partial charge in [0.1, 0.15) is 10.6 Å². The number of thioether (sulfide) groups is 1. The van der Waals surface area contributed by atoms with Gasteiger partial charge in [-0.05, 0) is 26.0 Å². The number of amides is 1. The summed E-state index contributed by atoms with van der Waals surface area (Å²) in [5.41, 5.74) is -0.569. The van der Waals surface area contributed by atoms with Crippen LogP contribution in [0.3, 0.4) is 0 Å². The van der Waals surface area contributed by atoms with E-state index in [1.54, 1.807) is 6.92 Å². The molecule has 13 heteroatoms. The van der Waals surface area contributed by atoms with E-state index in [2.05, 4.69) is 10.1 Å². The highest BCUT2D eigenvalue weighted by molar-refractivity contribution is 7.99. The van der Waals surface area contributed by atoms with Gasteiger partial charge in [0.05, 0.1) is 16.3 Å². The molecule has 1 aliphatic heterocycles. The minimum atomic E-state index is -4.46. The Morgan fingerprint density at radius 2 is 1.87 bits per heavy atom. The van der Waals surface area contributed by atoms with Crippen LogP contribution in [0.1, 0.15) is 17.0 Å². The van der Waals surface area contributed by atoms with Crippen LogP contribution in [0.25, 0.3) is 0 Å². The summed E-state index contributed by atoms with van der Waals surface area (Å²) in [6.07, 6.45) is -3.74. The Bertz CT molecular complexity index is 995. The van der Waals surface area contributed by atoms with Gasteiger partial charge in [0.25, 0.3) is 0 Å². The lowest BCUT2D eigenvalue weighted by Crippen LogP contribution is -2.51. The Labute approximate surface area is 175 Å². The summed E-state index contributed by atoms with van der Waals surface area (Å²) in [7, 11) is -3.77. The quantitative estimate of drug-likeness (QED) is 0.627. The number of sulfonamides is 1. The molecule has 0 spiro atoms. The van der Waals surface area contributed by atoms with Crippen LogP contribution < -0.4 is 0 Å². The fraction of sp³-hybridized carbons (Fsp3) is 0.471. The van der Waals surface area contributed by atoms with Crippen molar-refractivity contribution in [3.63, 3.8) is 0 Å². The fourth-order valence-electron chi connectivity index (χ4n) is 3.01. The Balaban J connectivity index is 1.54. The Hall–Kier alpha value is -2.12. The van der Waals surface area contributed by atoms with Crippen LogP contribution in [0.15, 0.2) is 32.8 Å². The van der Waals surface area contributed by atoms with Gasteiger partial charge in [-0.15, -0.1) is 0 Å². The number of piperazine rings is 1. The van der Waals surface area contributed by atoms with Crippen molar-refractivity contribution in [1.29, 1.82) is 0 Å². The third kappa shape index (κ3) is 4.78. The molecule has 0 unspecified atom stereocenters. The van der Waals surface area contributed by atoms with Gasteiger partial charge in [-0.3, -0.25) is 4.79 Å². The molecule has 8 nitrogen and oxygen atoms in total. The fourth-order valence-corrected chi connectivity index (χ4v) is 5.47. The molecule has 0 radical (unpaired) electrons. The molecule has 0 saturated carbocycles. The minimum Gasteiger partial charge on any atom is -0.360 e. The van der Waals surface area contributed by atoms with Crippen molar-refractivity contribution >= 4 is 27.7 Å². The van der Waals surface area contributed by atoms with Gasteiger partial charge in [-0.2, -0.15) is 17.5 Å². The van der Waals surface area contributed by atoms with Crippen LogP contribution >= 0.6 is 11.8 Å². The van der Waals surface area contributed by atoms with Crippen molar-refractivity contribution in [3.05, 3.63) is 35.3 Å². The molecule has 1 saturated heterocycles. The van der Waals surface area contributed by atoms with Crippen molar-refractivity contribution in [2.75, 3.05) is 31.9 Å². The van der Waals surface area contributed by atoms with Crippen LogP contribution in [-0.2, 0) is 21.0 Å². The summed E-state index contributed by atoms with van der Waals surface area (Å²) in [5.74, 6) is -0.0304. The van der Waals surface area contributed by atoms with E-state index in [9.17, 15) is 26.4 Å². The zero-order chi connectivity index (χ0) is 22.1. The monoisotopic (exact) mass is 464 g/mol. The number of aryl methyl sites for hydroxylation is 2. The highest BCUT2D eigenvalue weighted by atomic mass is 32.2. The summed E-state index contributed by atoms with van der Waals surface area (Å²) in [5, 5.41) is 3.98. The van der Waals surface area contributed by atoms with Crippen LogP contribution in [0.4, 0.5) is 13.2 Å². The average molecular weight is 464 g/mol. The molecule has 1 amide bonds. The molecule has 3 heterocycles. The Morgan fingerprint density at radius 3 is 2.37 bits per heavy atom.